The van der Waals surface area contributed by atoms with Gasteiger partial charge >= 0.3 is 0 Å². The molecule has 1 heterocycles. The number of para-hydroxylation sites is 1. The van der Waals surface area contributed by atoms with E-state index in [4.69, 9.17) is 0 Å². The first-order chi connectivity index (χ1) is 11.3. The number of carbonyl (C=O) groups excluding carboxylic acids is 2. The zero-order valence-electron chi connectivity index (χ0n) is 15.6. The molecule has 1 aliphatic heterocycles. The standard InChI is InChI=1S/C20H30N2O2/c1-6-16-12-7-8-13-22(16)19(24)20(4,5)18(23)21-17-14(2)10-9-11-15(17)3/h9-11,16H,6-8,12-13H2,1-5H3,(H,21,23). The second-order valence-corrected chi connectivity index (χ2v) is 7.40. The summed E-state index contributed by atoms with van der Waals surface area (Å²) in [6, 6.07) is 6.17. The Morgan fingerprint density at radius 2 is 1.83 bits per heavy atom. The number of nitrogens with one attached hydrogen (secondary N) is 1. The normalized spacial score (nSPS) is 18.4. The van der Waals surface area contributed by atoms with E-state index in [1.54, 1.807) is 13.8 Å². The zero-order valence-corrected chi connectivity index (χ0v) is 15.6. The lowest BCUT2D eigenvalue weighted by Gasteiger charge is -2.39. The van der Waals surface area contributed by atoms with Gasteiger partial charge in [-0.25, -0.2) is 0 Å². The fourth-order valence-electron chi connectivity index (χ4n) is 3.43. The van der Waals surface area contributed by atoms with Gasteiger partial charge in [0.25, 0.3) is 0 Å². The molecule has 0 saturated carbocycles. The summed E-state index contributed by atoms with van der Waals surface area (Å²) in [4.78, 5) is 27.8. The first-order valence-electron chi connectivity index (χ1n) is 8.97. The van der Waals surface area contributed by atoms with Gasteiger partial charge in [0.2, 0.25) is 11.8 Å². The number of piperidine rings is 1. The van der Waals surface area contributed by atoms with Crippen molar-refractivity contribution in [1.82, 2.24) is 4.90 Å². The summed E-state index contributed by atoms with van der Waals surface area (Å²) in [5.41, 5.74) is 1.76. The van der Waals surface area contributed by atoms with Gasteiger partial charge in [-0.2, -0.15) is 0 Å². The second kappa shape index (κ2) is 7.37. The third-order valence-corrected chi connectivity index (χ3v) is 5.18. The number of nitrogens with zero attached hydrogens (tertiary/aromatic N) is 1. The molecule has 2 rings (SSSR count). The third-order valence-electron chi connectivity index (χ3n) is 5.18. The van der Waals surface area contributed by atoms with Crippen LogP contribution in [-0.4, -0.2) is 29.3 Å². The molecule has 0 spiro atoms. The maximum atomic E-state index is 13.1. The third kappa shape index (κ3) is 3.63. The maximum Gasteiger partial charge on any atom is 0.239 e. The molecule has 1 aliphatic rings. The predicted octanol–water partition coefficient (Wildman–Crippen LogP) is 4.06. The number of anilines is 1. The predicted molar refractivity (Wildman–Crippen MR) is 98.0 cm³/mol. The van der Waals surface area contributed by atoms with E-state index in [-0.39, 0.29) is 17.9 Å². The van der Waals surface area contributed by atoms with Crippen LogP contribution in [0.4, 0.5) is 5.69 Å². The Balaban J connectivity index is 2.19. The van der Waals surface area contributed by atoms with Crippen molar-refractivity contribution in [1.29, 1.82) is 0 Å². The van der Waals surface area contributed by atoms with Gasteiger partial charge in [0.1, 0.15) is 5.41 Å². The zero-order chi connectivity index (χ0) is 17.9. The van der Waals surface area contributed by atoms with Crippen LogP contribution in [0.25, 0.3) is 0 Å². The number of hydrogen-bond donors (Lipinski definition) is 1. The van der Waals surface area contributed by atoms with E-state index < -0.39 is 5.41 Å². The van der Waals surface area contributed by atoms with Crippen LogP contribution in [-0.2, 0) is 9.59 Å². The van der Waals surface area contributed by atoms with E-state index >= 15 is 0 Å². The number of amides is 2. The summed E-state index contributed by atoms with van der Waals surface area (Å²) in [5.74, 6) is -0.289. The molecule has 4 heteroatoms. The van der Waals surface area contributed by atoms with E-state index in [0.717, 1.165) is 49.0 Å². The molecular formula is C20H30N2O2. The Hall–Kier alpha value is -1.84. The molecule has 0 aromatic heterocycles. The molecule has 24 heavy (non-hydrogen) atoms. The summed E-state index contributed by atoms with van der Waals surface area (Å²) >= 11 is 0. The van der Waals surface area contributed by atoms with E-state index in [9.17, 15) is 9.59 Å². The fourth-order valence-corrected chi connectivity index (χ4v) is 3.43. The van der Waals surface area contributed by atoms with Gasteiger partial charge in [0.05, 0.1) is 0 Å². The molecule has 1 atom stereocenters. The minimum absolute atomic E-state index is 0.0576. The van der Waals surface area contributed by atoms with E-state index in [0.29, 0.717) is 0 Å². The van der Waals surface area contributed by atoms with Gasteiger partial charge < -0.3 is 10.2 Å². The molecule has 0 bridgehead atoms. The number of carbonyl (C=O) groups is 2. The Morgan fingerprint density at radius 3 is 2.42 bits per heavy atom. The molecule has 1 aromatic rings. The lowest BCUT2D eigenvalue weighted by molar-refractivity contribution is -0.149. The van der Waals surface area contributed by atoms with Crippen molar-refractivity contribution < 1.29 is 9.59 Å². The molecule has 2 amide bonds. The van der Waals surface area contributed by atoms with Crippen LogP contribution in [0.1, 0.15) is 57.6 Å². The first-order valence-corrected chi connectivity index (χ1v) is 8.97. The summed E-state index contributed by atoms with van der Waals surface area (Å²) in [7, 11) is 0. The molecule has 1 aromatic carbocycles. The maximum absolute atomic E-state index is 13.1. The van der Waals surface area contributed by atoms with E-state index in [1.807, 2.05) is 36.9 Å². The molecule has 1 fully saturated rings. The monoisotopic (exact) mass is 330 g/mol. The number of likely N-dealkylation sites (tertiary alicyclic amines) is 1. The van der Waals surface area contributed by atoms with Crippen molar-refractivity contribution in [3.63, 3.8) is 0 Å². The minimum Gasteiger partial charge on any atom is -0.339 e. The highest BCUT2D eigenvalue weighted by atomic mass is 16.2. The number of benzene rings is 1. The molecule has 132 valence electrons. The Bertz CT molecular complexity index is 602. The largest absolute Gasteiger partial charge is 0.339 e. The van der Waals surface area contributed by atoms with Crippen LogP contribution < -0.4 is 5.32 Å². The smallest absolute Gasteiger partial charge is 0.239 e. The Labute approximate surface area is 145 Å². The molecule has 0 aliphatic carbocycles. The van der Waals surface area contributed by atoms with E-state index in [1.165, 1.54) is 0 Å². The van der Waals surface area contributed by atoms with Crippen molar-refractivity contribution in [2.45, 2.75) is 66.3 Å². The van der Waals surface area contributed by atoms with Crippen LogP contribution >= 0.6 is 0 Å². The summed E-state index contributed by atoms with van der Waals surface area (Å²) in [6.07, 6.45) is 4.17. The quantitative estimate of drug-likeness (QED) is 0.846. The summed E-state index contributed by atoms with van der Waals surface area (Å²) < 4.78 is 0. The van der Waals surface area contributed by atoms with Gasteiger partial charge in [0.15, 0.2) is 0 Å². The van der Waals surface area contributed by atoms with Crippen molar-refractivity contribution in [2.75, 3.05) is 11.9 Å². The molecular weight excluding hydrogens is 300 g/mol. The average Bonchev–Trinajstić information content (AvgIpc) is 2.57. The van der Waals surface area contributed by atoms with Gasteiger partial charge in [-0.1, -0.05) is 25.1 Å². The van der Waals surface area contributed by atoms with Crippen molar-refractivity contribution in [3.05, 3.63) is 29.3 Å². The summed E-state index contributed by atoms with van der Waals surface area (Å²) in [5, 5.41) is 2.99. The molecule has 1 N–H and O–H groups in total. The van der Waals surface area contributed by atoms with Crippen LogP contribution in [0, 0.1) is 19.3 Å². The lowest BCUT2D eigenvalue weighted by atomic mass is 9.87. The minimum atomic E-state index is -1.07. The number of aryl methyl sites for hydroxylation is 2. The molecule has 0 radical (unpaired) electrons. The Kier molecular flexibility index (Phi) is 5.68. The molecule has 1 saturated heterocycles. The highest BCUT2D eigenvalue weighted by molar-refractivity contribution is 6.10. The van der Waals surface area contributed by atoms with Crippen LogP contribution in [0.2, 0.25) is 0 Å². The van der Waals surface area contributed by atoms with Crippen LogP contribution in [0.5, 0.6) is 0 Å². The molecule has 4 nitrogen and oxygen atoms in total. The van der Waals surface area contributed by atoms with Crippen molar-refractivity contribution >= 4 is 17.5 Å². The summed E-state index contributed by atoms with van der Waals surface area (Å²) in [6.45, 7) is 10.3. The van der Waals surface area contributed by atoms with Crippen LogP contribution in [0.3, 0.4) is 0 Å². The highest BCUT2D eigenvalue weighted by Gasteiger charge is 2.41. The first kappa shape index (κ1) is 18.5. The van der Waals surface area contributed by atoms with Crippen molar-refractivity contribution in [2.24, 2.45) is 5.41 Å². The Morgan fingerprint density at radius 1 is 1.21 bits per heavy atom. The highest BCUT2D eigenvalue weighted by Crippen LogP contribution is 2.29. The van der Waals surface area contributed by atoms with Crippen molar-refractivity contribution in [3.8, 4) is 0 Å². The lowest BCUT2D eigenvalue weighted by Crippen LogP contribution is -2.52. The average molecular weight is 330 g/mol. The van der Waals surface area contributed by atoms with Crippen LogP contribution in [0.15, 0.2) is 18.2 Å². The van der Waals surface area contributed by atoms with Gasteiger partial charge in [-0.3, -0.25) is 9.59 Å². The topological polar surface area (TPSA) is 49.4 Å². The number of rotatable bonds is 4. The van der Waals surface area contributed by atoms with Gasteiger partial charge in [-0.15, -0.1) is 0 Å². The van der Waals surface area contributed by atoms with Gasteiger partial charge in [-0.05, 0) is 64.5 Å². The van der Waals surface area contributed by atoms with Gasteiger partial charge in [0, 0.05) is 18.3 Å². The SMILES string of the molecule is CCC1CCCCN1C(=O)C(C)(C)C(=O)Nc1c(C)cccc1C. The fraction of sp³-hybridized carbons (Fsp3) is 0.600. The second-order valence-electron chi connectivity index (χ2n) is 7.40. The van der Waals surface area contributed by atoms with E-state index in [2.05, 4.69) is 12.2 Å². The molecule has 1 unspecified atom stereocenters. The number of hydrogen-bond acceptors (Lipinski definition) is 2.